The van der Waals surface area contributed by atoms with Gasteiger partial charge in [-0.2, -0.15) is 0 Å². The Hall–Kier alpha value is -1.30. The summed E-state index contributed by atoms with van der Waals surface area (Å²) in [5.41, 5.74) is 0.580. The number of carbonyl (C=O) groups excluding carboxylic acids is 1. The summed E-state index contributed by atoms with van der Waals surface area (Å²) in [5, 5.41) is 23.0. The van der Waals surface area contributed by atoms with Crippen molar-refractivity contribution >= 4 is 23.3 Å². The zero-order valence-corrected chi connectivity index (χ0v) is 9.24. The number of hydrogen-bond donors (Lipinski definition) is 4. The molecule has 0 spiro atoms. The lowest BCUT2D eigenvalue weighted by Gasteiger charge is -2.14. The molecule has 1 aromatic rings. The summed E-state index contributed by atoms with van der Waals surface area (Å²) < 4.78 is 0. The fourth-order valence-electron chi connectivity index (χ4n) is 1.03. The molecule has 1 rings (SSSR count). The number of aliphatic hydroxyl groups is 2. The van der Waals surface area contributed by atoms with Gasteiger partial charge < -0.3 is 20.8 Å². The number of hydrogen-bond acceptors (Lipinski definition) is 3. The minimum absolute atomic E-state index is 0.315. The van der Waals surface area contributed by atoms with Crippen LogP contribution in [0.4, 0.5) is 10.5 Å². The molecule has 0 saturated heterocycles. The molecule has 16 heavy (non-hydrogen) atoms. The van der Waals surface area contributed by atoms with Gasteiger partial charge >= 0.3 is 6.03 Å². The minimum Gasteiger partial charge on any atom is -0.394 e. The molecule has 0 atom stereocenters. The molecule has 2 amide bonds. The average molecular weight is 245 g/mol. The molecule has 5 nitrogen and oxygen atoms in total. The molecule has 0 fully saturated rings. The van der Waals surface area contributed by atoms with Crippen molar-refractivity contribution < 1.29 is 15.0 Å². The minimum atomic E-state index is -0.660. The van der Waals surface area contributed by atoms with Crippen molar-refractivity contribution in [1.29, 1.82) is 0 Å². The Balaban J connectivity index is 2.48. The van der Waals surface area contributed by atoms with Crippen molar-refractivity contribution in [2.45, 2.75) is 6.04 Å². The summed E-state index contributed by atoms with van der Waals surface area (Å²) in [6.07, 6.45) is 0. The number of benzene rings is 1. The number of nitrogens with one attached hydrogen (secondary N) is 2. The maximum Gasteiger partial charge on any atom is 0.319 e. The summed E-state index contributed by atoms with van der Waals surface area (Å²) in [4.78, 5) is 11.3. The van der Waals surface area contributed by atoms with E-state index in [-0.39, 0.29) is 13.2 Å². The maximum absolute atomic E-state index is 11.3. The van der Waals surface area contributed by atoms with Gasteiger partial charge in [-0.3, -0.25) is 0 Å². The number of halogens is 1. The van der Waals surface area contributed by atoms with Gasteiger partial charge in [0, 0.05) is 10.7 Å². The number of urea groups is 1. The number of anilines is 1. The van der Waals surface area contributed by atoms with E-state index in [1.165, 1.54) is 0 Å². The third-order valence-corrected chi connectivity index (χ3v) is 2.13. The Morgan fingerprint density at radius 3 is 2.31 bits per heavy atom. The standard InChI is InChI=1S/C10H13ClN2O3/c11-7-1-3-8(4-2-7)12-10(16)13-9(5-14)6-15/h1-4,9,14-15H,5-6H2,(H2,12,13,16). The van der Waals surface area contributed by atoms with E-state index in [0.717, 1.165) is 0 Å². The summed E-state index contributed by atoms with van der Waals surface area (Å²) in [7, 11) is 0. The second-order valence-electron chi connectivity index (χ2n) is 3.17. The lowest BCUT2D eigenvalue weighted by molar-refractivity contribution is 0.172. The molecule has 0 bridgehead atoms. The Kier molecular flexibility index (Phi) is 5.04. The first-order chi connectivity index (χ1) is 7.65. The molecule has 6 heteroatoms. The average Bonchev–Trinajstić information content (AvgIpc) is 2.29. The molecule has 0 heterocycles. The van der Waals surface area contributed by atoms with Gasteiger partial charge in [-0.15, -0.1) is 0 Å². The summed E-state index contributed by atoms with van der Waals surface area (Å²) in [6.45, 7) is -0.630. The van der Waals surface area contributed by atoms with Crippen LogP contribution in [0.15, 0.2) is 24.3 Å². The molecular weight excluding hydrogens is 232 g/mol. The highest BCUT2D eigenvalue weighted by Gasteiger charge is 2.09. The van der Waals surface area contributed by atoms with Gasteiger partial charge in [0.05, 0.1) is 19.3 Å². The second kappa shape index (κ2) is 6.32. The van der Waals surface area contributed by atoms with E-state index in [1.54, 1.807) is 24.3 Å². The molecule has 0 aliphatic rings. The van der Waals surface area contributed by atoms with Crippen molar-refractivity contribution in [2.75, 3.05) is 18.5 Å². The normalized spacial score (nSPS) is 10.2. The highest BCUT2D eigenvalue weighted by molar-refractivity contribution is 6.30. The molecule has 4 N–H and O–H groups in total. The fourth-order valence-corrected chi connectivity index (χ4v) is 1.16. The van der Waals surface area contributed by atoms with Crippen LogP contribution in [0.2, 0.25) is 5.02 Å². The van der Waals surface area contributed by atoms with Crippen LogP contribution in [0.1, 0.15) is 0 Å². The van der Waals surface area contributed by atoms with Crippen LogP contribution in [0, 0.1) is 0 Å². The maximum atomic E-state index is 11.3. The number of amides is 2. The van der Waals surface area contributed by atoms with Crippen molar-refractivity contribution in [3.8, 4) is 0 Å². The predicted octanol–water partition coefficient (Wildman–Crippen LogP) is 0.815. The zero-order chi connectivity index (χ0) is 12.0. The Labute approximate surface area is 98.0 Å². The van der Waals surface area contributed by atoms with Crippen LogP contribution in [-0.2, 0) is 0 Å². The molecule has 1 aromatic carbocycles. The van der Waals surface area contributed by atoms with E-state index < -0.39 is 12.1 Å². The van der Waals surface area contributed by atoms with Gasteiger partial charge in [0.25, 0.3) is 0 Å². The third kappa shape index (κ3) is 4.06. The van der Waals surface area contributed by atoms with Gasteiger partial charge in [0.1, 0.15) is 0 Å². The van der Waals surface area contributed by atoms with Gasteiger partial charge in [-0.05, 0) is 24.3 Å². The number of aliphatic hydroxyl groups excluding tert-OH is 2. The Morgan fingerprint density at radius 1 is 1.25 bits per heavy atom. The first-order valence-corrected chi connectivity index (χ1v) is 5.08. The van der Waals surface area contributed by atoms with Crippen molar-refractivity contribution in [3.05, 3.63) is 29.3 Å². The number of carbonyl (C=O) groups is 1. The number of rotatable bonds is 4. The van der Waals surface area contributed by atoms with Crippen molar-refractivity contribution in [1.82, 2.24) is 5.32 Å². The highest BCUT2D eigenvalue weighted by Crippen LogP contribution is 2.12. The molecule has 0 aliphatic carbocycles. The molecule has 88 valence electrons. The molecule has 0 aliphatic heterocycles. The van der Waals surface area contributed by atoms with Crippen LogP contribution in [0.3, 0.4) is 0 Å². The molecule has 0 aromatic heterocycles. The molecule has 0 radical (unpaired) electrons. The Bertz CT molecular complexity index is 338. The van der Waals surface area contributed by atoms with Crippen LogP contribution >= 0.6 is 11.6 Å². The summed E-state index contributed by atoms with van der Waals surface area (Å²) in [6, 6.07) is 5.44. The van der Waals surface area contributed by atoms with Crippen molar-refractivity contribution in [3.63, 3.8) is 0 Å². The third-order valence-electron chi connectivity index (χ3n) is 1.88. The van der Waals surface area contributed by atoms with Crippen LogP contribution in [-0.4, -0.2) is 35.5 Å². The van der Waals surface area contributed by atoms with E-state index in [4.69, 9.17) is 21.8 Å². The van der Waals surface area contributed by atoms with Gasteiger partial charge in [-0.25, -0.2) is 4.79 Å². The smallest absolute Gasteiger partial charge is 0.319 e. The van der Waals surface area contributed by atoms with E-state index in [0.29, 0.717) is 10.7 Å². The topological polar surface area (TPSA) is 81.6 Å². The van der Waals surface area contributed by atoms with Crippen LogP contribution in [0.25, 0.3) is 0 Å². The lowest BCUT2D eigenvalue weighted by Crippen LogP contribution is -2.42. The van der Waals surface area contributed by atoms with E-state index in [9.17, 15) is 4.79 Å². The zero-order valence-electron chi connectivity index (χ0n) is 8.48. The van der Waals surface area contributed by atoms with E-state index in [1.807, 2.05) is 0 Å². The van der Waals surface area contributed by atoms with Crippen LogP contribution in [0.5, 0.6) is 0 Å². The lowest BCUT2D eigenvalue weighted by atomic mass is 10.3. The first kappa shape index (κ1) is 12.8. The molecule has 0 unspecified atom stereocenters. The second-order valence-corrected chi connectivity index (χ2v) is 3.60. The molecule has 0 saturated carbocycles. The SMILES string of the molecule is O=C(Nc1ccc(Cl)cc1)NC(CO)CO. The van der Waals surface area contributed by atoms with Crippen molar-refractivity contribution in [2.24, 2.45) is 0 Å². The molecular formula is C10H13ClN2O3. The van der Waals surface area contributed by atoms with Gasteiger partial charge in [0.15, 0.2) is 0 Å². The predicted molar refractivity (Wildman–Crippen MR) is 61.6 cm³/mol. The summed E-state index contributed by atoms with van der Waals surface area (Å²) >= 11 is 5.68. The monoisotopic (exact) mass is 244 g/mol. The van der Waals surface area contributed by atoms with Crippen LogP contribution < -0.4 is 10.6 Å². The summed E-state index contributed by atoms with van der Waals surface area (Å²) in [5.74, 6) is 0. The largest absolute Gasteiger partial charge is 0.394 e. The fraction of sp³-hybridized carbons (Fsp3) is 0.300. The van der Waals surface area contributed by atoms with Gasteiger partial charge in [0.2, 0.25) is 0 Å². The quantitative estimate of drug-likeness (QED) is 0.633. The van der Waals surface area contributed by atoms with E-state index in [2.05, 4.69) is 10.6 Å². The first-order valence-electron chi connectivity index (χ1n) is 4.70. The van der Waals surface area contributed by atoms with E-state index >= 15 is 0 Å². The Morgan fingerprint density at radius 2 is 1.81 bits per heavy atom. The highest BCUT2D eigenvalue weighted by atomic mass is 35.5. The van der Waals surface area contributed by atoms with Gasteiger partial charge in [-0.1, -0.05) is 11.6 Å².